The van der Waals surface area contributed by atoms with E-state index in [1.807, 2.05) is 0 Å². The van der Waals surface area contributed by atoms with Crippen LogP contribution in [0.4, 0.5) is 15.8 Å². The third-order valence-electron chi connectivity index (χ3n) is 4.01. The molecule has 6 nitrogen and oxygen atoms in total. The Morgan fingerprint density at radius 3 is 2.73 bits per heavy atom. The Morgan fingerprint density at radius 1 is 1.31 bits per heavy atom. The second-order valence-electron chi connectivity index (χ2n) is 5.62. The molecule has 0 bridgehead atoms. The Balaban J connectivity index is 2.04. The molecule has 0 unspecified atom stereocenters. The number of anilines is 1. The van der Waals surface area contributed by atoms with Crippen molar-refractivity contribution < 1.29 is 18.8 Å². The Morgan fingerprint density at radius 2 is 2.04 bits per heavy atom. The SMILES string of the molecule is COCc1c(C(=O)Nc2cccc([N+](=O)[O-])c2C)sc2cccc(F)c12. The van der Waals surface area contributed by atoms with E-state index < -0.39 is 16.6 Å². The van der Waals surface area contributed by atoms with E-state index >= 15 is 0 Å². The predicted molar refractivity (Wildman–Crippen MR) is 98.3 cm³/mol. The summed E-state index contributed by atoms with van der Waals surface area (Å²) < 4.78 is 20.0. The lowest BCUT2D eigenvalue weighted by Gasteiger charge is -2.09. The molecular weight excluding hydrogens is 359 g/mol. The average molecular weight is 374 g/mol. The number of thiophene rings is 1. The summed E-state index contributed by atoms with van der Waals surface area (Å²) in [6, 6.07) is 9.11. The fourth-order valence-electron chi connectivity index (χ4n) is 2.77. The van der Waals surface area contributed by atoms with E-state index in [1.165, 1.54) is 25.3 Å². The van der Waals surface area contributed by atoms with Gasteiger partial charge in [0, 0.05) is 28.8 Å². The standard InChI is InChI=1S/C18H15FN2O4S/c1-10-13(6-4-7-14(10)21(23)24)20-18(22)17-11(9-25-2)16-12(19)5-3-8-15(16)26-17/h3-8H,9H2,1-2H3,(H,20,22). The molecule has 134 valence electrons. The third kappa shape index (κ3) is 3.16. The van der Waals surface area contributed by atoms with Crippen LogP contribution in [0.1, 0.15) is 20.8 Å². The number of carbonyl (C=O) groups is 1. The van der Waals surface area contributed by atoms with Crippen LogP contribution in [0.5, 0.6) is 0 Å². The van der Waals surface area contributed by atoms with Gasteiger partial charge in [-0.3, -0.25) is 14.9 Å². The van der Waals surface area contributed by atoms with Gasteiger partial charge in [-0.15, -0.1) is 11.3 Å². The van der Waals surface area contributed by atoms with Crippen LogP contribution >= 0.6 is 11.3 Å². The van der Waals surface area contributed by atoms with Gasteiger partial charge in [-0.25, -0.2) is 4.39 Å². The van der Waals surface area contributed by atoms with Crippen LogP contribution in [0, 0.1) is 22.9 Å². The molecule has 3 rings (SSSR count). The van der Waals surface area contributed by atoms with Crippen LogP contribution in [-0.2, 0) is 11.3 Å². The zero-order valence-electron chi connectivity index (χ0n) is 14.0. The molecule has 1 N–H and O–H groups in total. The lowest BCUT2D eigenvalue weighted by Crippen LogP contribution is -2.14. The maximum atomic E-state index is 14.2. The van der Waals surface area contributed by atoms with Gasteiger partial charge in [-0.2, -0.15) is 0 Å². The number of benzene rings is 2. The first-order valence-corrected chi connectivity index (χ1v) is 8.50. The van der Waals surface area contributed by atoms with Gasteiger partial charge in [0.25, 0.3) is 11.6 Å². The van der Waals surface area contributed by atoms with E-state index in [2.05, 4.69) is 5.32 Å². The fourth-order valence-corrected chi connectivity index (χ4v) is 3.89. The maximum Gasteiger partial charge on any atom is 0.274 e. The second kappa shape index (κ2) is 7.19. The molecule has 0 aliphatic rings. The maximum absolute atomic E-state index is 14.2. The number of hydrogen-bond donors (Lipinski definition) is 1. The Bertz CT molecular complexity index is 1020. The summed E-state index contributed by atoms with van der Waals surface area (Å²) in [5.41, 5.74) is 1.07. The smallest absolute Gasteiger partial charge is 0.274 e. The number of halogens is 1. The van der Waals surface area contributed by atoms with Gasteiger partial charge in [0.15, 0.2) is 0 Å². The van der Waals surface area contributed by atoms with Gasteiger partial charge in [0.1, 0.15) is 5.82 Å². The molecule has 0 atom stereocenters. The van der Waals surface area contributed by atoms with Gasteiger partial charge in [-0.1, -0.05) is 12.1 Å². The average Bonchev–Trinajstić information content (AvgIpc) is 2.97. The van der Waals surface area contributed by atoms with E-state index in [0.717, 1.165) is 11.3 Å². The number of amides is 1. The van der Waals surface area contributed by atoms with Gasteiger partial charge >= 0.3 is 0 Å². The molecule has 0 saturated carbocycles. The quantitative estimate of drug-likeness (QED) is 0.520. The summed E-state index contributed by atoms with van der Waals surface area (Å²) in [6.45, 7) is 1.64. The van der Waals surface area contributed by atoms with Crippen LogP contribution < -0.4 is 5.32 Å². The Hall–Kier alpha value is -2.84. The van der Waals surface area contributed by atoms with Crippen molar-refractivity contribution in [1.82, 2.24) is 0 Å². The molecule has 1 amide bonds. The first-order chi connectivity index (χ1) is 12.4. The van der Waals surface area contributed by atoms with Crippen molar-refractivity contribution in [3.05, 3.63) is 68.3 Å². The fraction of sp³-hybridized carbons (Fsp3) is 0.167. The zero-order chi connectivity index (χ0) is 18.8. The highest BCUT2D eigenvalue weighted by molar-refractivity contribution is 7.21. The Kier molecular flexibility index (Phi) is 4.97. The number of nitro groups is 1. The first-order valence-electron chi connectivity index (χ1n) is 7.68. The summed E-state index contributed by atoms with van der Waals surface area (Å²) in [5.74, 6) is -0.877. The van der Waals surface area contributed by atoms with Gasteiger partial charge in [-0.05, 0) is 25.1 Å². The van der Waals surface area contributed by atoms with Crippen LogP contribution in [0.3, 0.4) is 0 Å². The van der Waals surface area contributed by atoms with Gasteiger partial charge in [0.2, 0.25) is 0 Å². The van der Waals surface area contributed by atoms with E-state index in [9.17, 15) is 19.3 Å². The summed E-state index contributed by atoms with van der Waals surface area (Å²) in [7, 11) is 1.47. The molecular formula is C18H15FN2O4S. The number of hydrogen-bond acceptors (Lipinski definition) is 5. The molecule has 26 heavy (non-hydrogen) atoms. The molecule has 0 aliphatic carbocycles. The van der Waals surface area contributed by atoms with E-state index in [-0.39, 0.29) is 12.3 Å². The lowest BCUT2D eigenvalue weighted by molar-refractivity contribution is -0.385. The molecule has 0 radical (unpaired) electrons. The molecule has 0 saturated heterocycles. The molecule has 1 aromatic heterocycles. The minimum absolute atomic E-state index is 0.0810. The van der Waals surface area contributed by atoms with Gasteiger partial charge in [0.05, 0.1) is 27.7 Å². The normalized spacial score (nSPS) is 10.9. The summed E-state index contributed by atoms with van der Waals surface area (Å²) in [5, 5.41) is 14.1. The monoisotopic (exact) mass is 374 g/mol. The molecule has 2 aromatic carbocycles. The van der Waals surface area contributed by atoms with Crippen LogP contribution in [0.2, 0.25) is 0 Å². The number of ether oxygens (including phenoxy) is 1. The second-order valence-corrected chi connectivity index (χ2v) is 6.67. The number of nitrogens with zero attached hydrogens (tertiary/aromatic N) is 1. The molecule has 3 aromatic rings. The number of carbonyl (C=O) groups excluding carboxylic acids is 1. The number of nitrogens with one attached hydrogen (secondary N) is 1. The highest BCUT2D eigenvalue weighted by Crippen LogP contribution is 2.35. The van der Waals surface area contributed by atoms with Crippen molar-refractivity contribution in [1.29, 1.82) is 0 Å². The molecule has 1 heterocycles. The van der Waals surface area contributed by atoms with Crippen LogP contribution in [-0.4, -0.2) is 17.9 Å². The summed E-state index contributed by atoms with van der Waals surface area (Å²) >= 11 is 1.16. The third-order valence-corrected chi connectivity index (χ3v) is 5.20. The number of nitro benzene ring substituents is 1. The largest absolute Gasteiger partial charge is 0.380 e. The van der Waals surface area contributed by atoms with Crippen molar-refractivity contribution in [3.63, 3.8) is 0 Å². The van der Waals surface area contributed by atoms with E-state index in [4.69, 9.17) is 4.74 Å². The number of rotatable bonds is 5. The lowest BCUT2D eigenvalue weighted by atomic mass is 10.1. The minimum Gasteiger partial charge on any atom is -0.380 e. The van der Waals surface area contributed by atoms with Crippen molar-refractivity contribution in [2.24, 2.45) is 0 Å². The van der Waals surface area contributed by atoms with E-state index in [1.54, 1.807) is 25.1 Å². The molecule has 8 heteroatoms. The summed E-state index contributed by atoms with van der Waals surface area (Å²) in [6.07, 6.45) is 0. The van der Waals surface area contributed by atoms with E-state index in [0.29, 0.717) is 31.8 Å². The van der Waals surface area contributed by atoms with Gasteiger partial charge < -0.3 is 10.1 Å². The molecule has 0 fully saturated rings. The topological polar surface area (TPSA) is 81.5 Å². The van der Waals surface area contributed by atoms with Crippen LogP contribution in [0.15, 0.2) is 36.4 Å². The van der Waals surface area contributed by atoms with Crippen LogP contribution in [0.25, 0.3) is 10.1 Å². The number of fused-ring (bicyclic) bond motifs is 1. The number of methoxy groups -OCH3 is 1. The van der Waals surface area contributed by atoms with Crippen molar-refractivity contribution >= 4 is 38.7 Å². The minimum atomic E-state index is -0.504. The van der Waals surface area contributed by atoms with Crippen molar-refractivity contribution in [2.75, 3.05) is 12.4 Å². The predicted octanol–water partition coefficient (Wildman–Crippen LogP) is 4.66. The Labute approximate surface area is 152 Å². The zero-order valence-corrected chi connectivity index (χ0v) is 14.9. The summed E-state index contributed by atoms with van der Waals surface area (Å²) in [4.78, 5) is 23.6. The van der Waals surface area contributed by atoms with Crippen molar-refractivity contribution in [2.45, 2.75) is 13.5 Å². The van der Waals surface area contributed by atoms with Crippen molar-refractivity contribution in [3.8, 4) is 0 Å². The molecule has 0 spiro atoms. The molecule has 0 aliphatic heterocycles. The first kappa shape index (κ1) is 18.0. The highest BCUT2D eigenvalue weighted by Gasteiger charge is 2.22. The highest BCUT2D eigenvalue weighted by atomic mass is 32.1.